The van der Waals surface area contributed by atoms with Gasteiger partial charge in [-0.2, -0.15) is 0 Å². The van der Waals surface area contributed by atoms with E-state index < -0.39 is 0 Å². The number of fused-ring (bicyclic) bond motifs is 1. The minimum atomic E-state index is -0.0764. The summed E-state index contributed by atoms with van der Waals surface area (Å²) in [6.45, 7) is 11.2. The van der Waals surface area contributed by atoms with Crippen LogP contribution in [0.2, 0.25) is 0 Å². The third-order valence-corrected chi connectivity index (χ3v) is 5.91. The van der Waals surface area contributed by atoms with Gasteiger partial charge in [-0.1, -0.05) is 25.2 Å². The zero-order chi connectivity index (χ0) is 20.3. The van der Waals surface area contributed by atoms with Crippen molar-refractivity contribution in [3.8, 4) is 5.75 Å². The lowest BCUT2D eigenvalue weighted by molar-refractivity contribution is 0.0982. The van der Waals surface area contributed by atoms with Crippen molar-refractivity contribution in [2.24, 2.45) is 0 Å². The van der Waals surface area contributed by atoms with Gasteiger partial charge in [0.05, 0.1) is 22.9 Å². The molecule has 0 unspecified atom stereocenters. The Morgan fingerprint density at radius 2 is 1.90 bits per heavy atom. The van der Waals surface area contributed by atoms with Crippen molar-refractivity contribution in [3.05, 3.63) is 41.3 Å². The maximum absolute atomic E-state index is 13.4. The number of anilines is 1. The molecule has 1 amide bonds. The minimum absolute atomic E-state index is 0. The Morgan fingerprint density at radius 1 is 1.17 bits per heavy atom. The summed E-state index contributed by atoms with van der Waals surface area (Å²) in [7, 11) is 1.65. The van der Waals surface area contributed by atoms with Crippen molar-refractivity contribution in [1.29, 1.82) is 0 Å². The van der Waals surface area contributed by atoms with Crippen molar-refractivity contribution in [2.75, 3.05) is 38.2 Å². The monoisotopic (exact) mass is 437 g/mol. The van der Waals surface area contributed by atoms with E-state index in [-0.39, 0.29) is 18.3 Å². The molecule has 0 saturated carbocycles. The standard InChI is InChI=1S/C21H27N3O3S.ClH/c1-6-23(7-2)10-11-24(20(25)17-12-14(3)27-15(17)4)21-22-18-9-8-16(26-5)13-19(18)28-21;/h8-9,12-13H,6-7,10-11H2,1-5H3;1H. The van der Waals surface area contributed by atoms with Crippen molar-refractivity contribution in [2.45, 2.75) is 27.7 Å². The smallest absolute Gasteiger partial charge is 0.263 e. The Morgan fingerprint density at radius 3 is 2.48 bits per heavy atom. The molecule has 0 N–H and O–H groups in total. The van der Waals surface area contributed by atoms with Crippen LogP contribution in [0.4, 0.5) is 5.13 Å². The molecule has 0 aliphatic heterocycles. The van der Waals surface area contributed by atoms with Gasteiger partial charge in [0.2, 0.25) is 0 Å². The number of rotatable bonds is 8. The lowest BCUT2D eigenvalue weighted by Crippen LogP contribution is -2.39. The summed E-state index contributed by atoms with van der Waals surface area (Å²) < 4.78 is 11.9. The first kappa shape index (κ1) is 23.2. The van der Waals surface area contributed by atoms with E-state index in [1.165, 1.54) is 11.3 Å². The van der Waals surface area contributed by atoms with Crippen LogP contribution in [-0.4, -0.2) is 49.1 Å². The fraction of sp³-hybridized carbons (Fsp3) is 0.429. The molecule has 2 aromatic heterocycles. The molecule has 6 nitrogen and oxygen atoms in total. The lowest BCUT2D eigenvalue weighted by Gasteiger charge is -2.24. The zero-order valence-corrected chi connectivity index (χ0v) is 19.2. The molecule has 0 saturated heterocycles. The van der Waals surface area contributed by atoms with E-state index in [9.17, 15) is 4.79 Å². The molecule has 0 fully saturated rings. The van der Waals surface area contributed by atoms with Crippen LogP contribution in [0.3, 0.4) is 0 Å². The number of aromatic nitrogens is 1. The first-order valence-electron chi connectivity index (χ1n) is 9.52. The largest absolute Gasteiger partial charge is 0.497 e. The van der Waals surface area contributed by atoms with E-state index in [4.69, 9.17) is 14.1 Å². The summed E-state index contributed by atoms with van der Waals surface area (Å²) in [5.41, 5.74) is 1.45. The molecule has 0 spiro atoms. The second kappa shape index (κ2) is 10.1. The number of halogens is 1. The van der Waals surface area contributed by atoms with Crippen LogP contribution in [0.15, 0.2) is 28.7 Å². The fourth-order valence-electron chi connectivity index (χ4n) is 3.19. The Bertz CT molecular complexity index is 965. The van der Waals surface area contributed by atoms with Gasteiger partial charge in [-0.3, -0.25) is 9.69 Å². The van der Waals surface area contributed by atoms with Gasteiger partial charge in [0.15, 0.2) is 5.13 Å². The SMILES string of the molecule is CCN(CC)CCN(C(=O)c1cc(C)oc1C)c1nc2ccc(OC)cc2s1.Cl. The number of likely N-dealkylation sites (N-methyl/N-ethyl adjacent to an activating group) is 1. The van der Waals surface area contributed by atoms with Crippen molar-refractivity contribution in [3.63, 3.8) is 0 Å². The average Bonchev–Trinajstić information content (AvgIpc) is 3.26. The Hall–Kier alpha value is -2.09. The van der Waals surface area contributed by atoms with Gasteiger partial charge in [0.25, 0.3) is 5.91 Å². The number of thiazole rings is 1. The quantitative estimate of drug-likeness (QED) is 0.500. The van der Waals surface area contributed by atoms with Crippen LogP contribution < -0.4 is 9.64 Å². The number of hydrogen-bond donors (Lipinski definition) is 0. The maximum Gasteiger partial charge on any atom is 0.263 e. The zero-order valence-electron chi connectivity index (χ0n) is 17.5. The number of ether oxygens (including phenoxy) is 1. The molecule has 158 valence electrons. The van der Waals surface area contributed by atoms with Gasteiger partial charge >= 0.3 is 0 Å². The third kappa shape index (κ3) is 5.10. The van der Waals surface area contributed by atoms with E-state index in [0.717, 1.165) is 41.4 Å². The molecule has 0 atom stereocenters. The molecule has 0 aliphatic rings. The number of nitrogens with zero attached hydrogens (tertiary/aromatic N) is 3. The van der Waals surface area contributed by atoms with Crippen molar-refractivity contribution in [1.82, 2.24) is 9.88 Å². The lowest BCUT2D eigenvalue weighted by atomic mass is 10.2. The normalized spacial score (nSPS) is 11.0. The molecule has 0 bridgehead atoms. The highest BCUT2D eigenvalue weighted by atomic mass is 35.5. The Labute approximate surface area is 181 Å². The third-order valence-electron chi connectivity index (χ3n) is 4.87. The molecule has 29 heavy (non-hydrogen) atoms. The highest BCUT2D eigenvalue weighted by Gasteiger charge is 2.25. The van der Waals surface area contributed by atoms with Gasteiger partial charge in [-0.05, 0) is 51.2 Å². The highest BCUT2D eigenvalue weighted by molar-refractivity contribution is 7.22. The topological polar surface area (TPSA) is 58.8 Å². The number of hydrogen-bond acceptors (Lipinski definition) is 6. The van der Waals surface area contributed by atoms with Crippen LogP contribution in [0.25, 0.3) is 10.2 Å². The molecule has 0 radical (unpaired) electrons. The number of carbonyl (C=O) groups is 1. The molecule has 8 heteroatoms. The Kier molecular flexibility index (Phi) is 8.07. The predicted molar refractivity (Wildman–Crippen MR) is 121 cm³/mol. The van der Waals surface area contributed by atoms with Gasteiger partial charge < -0.3 is 14.1 Å². The first-order valence-corrected chi connectivity index (χ1v) is 10.3. The van der Waals surface area contributed by atoms with Gasteiger partial charge in [0.1, 0.15) is 17.3 Å². The molecular formula is C21H28ClN3O3S. The summed E-state index contributed by atoms with van der Waals surface area (Å²) in [5.74, 6) is 2.08. The molecule has 1 aromatic carbocycles. The number of aryl methyl sites for hydroxylation is 2. The highest BCUT2D eigenvalue weighted by Crippen LogP contribution is 2.32. The van der Waals surface area contributed by atoms with Crippen LogP contribution in [0.1, 0.15) is 35.7 Å². The summed E-state index contributed by atoms with van der Waals surface area (Å²) in [5, 5.41) is 0.693. The number of amides is 1. The fourth-order valence-corrected chi connectivity index (χ4v) is 4.21. The van der Waals surface area contributed by atoms with E-state index in [2.05, 4.69) is 18.7 Å². The minimum Gasteiger partial charge on any atom is -0.497 e. The predicted octanol–water partition coefficient (Wildman–Crippen LogP) is 4.93. The molecule has 2 heterocycles. The van der Waals surface area contributed by atoms with E-state index in [1.54, 1.807) is 18.1 Å². The van der Waals surface area contributed by atoms with Crippen LogP contribution in [0.5, 0.6) is 5.75 Å². The van der Waals surface area contributed by atoms with E-state index >= 15 is 0 Å². The number of carbonyl (C=O) groups excluding carboxylic acids is 1. The molecule has 0 aliphatic carbocycles. The van der Waals surface area contributed by atoms with Crippen molar-refractivity contribution >= 4 is 45.0 Å². The van der Waals surface area contributed by atoms with E-state index in [1.807, 2.05) is 32.0 Å². The number of methoxy groups -OCH3 is 1. The summed E-state index contributed by atoms with van der Waals surface area (Å²) in [6.07, 6.45) is 0. The van der Waals surface area contributed by atoms with Crippen LogP contribution >= 0.6 is 23.7 Å². The summed E-state index contributed by atoms with van der Waals surface area (Å²) in [6, 6.07) is 7.57. The maximum atomic E-state index is 13.4. The summed E-state index contributed by atoms with van der Waals surface area (Å²) in [4.78, 5) is 22.1. The number of benzene rings is 1. The molecular weight excluding hydrogens is 410 g/mol. The summed E-state index contributed by atoms with van der Waals surface area (Å²) >= 11 is 1.50. The molecule has 3 rings (SSSR count). The van der Waals surface area contributed by atoms with E-state index in [0.29, 0.717) is 23.0 Å². The molecule has 3 aromatic rings. The van der Waals surface area contributed by atoms with Crippen LogP contribution in [0, 0.1) is 13.8 Å². The van der Waals surface area contributed by atoms with Gasteiger partial charge in [-0.15, -0.1) is 12.4 Å². The second-order valence-corrected chi connectivity index (χ2v) is 7.65. The Balaban J connectivity index is 0.00000300. The van der Waals surface area contributed by atoms with Gasteiger partial charge in [0, 0.05) is 13.1 Å². The second-order valence-electron chi connectivity index (χ2n) is 6.64. The van der Waals surface area contributed by atoms with Crippen molar-refractivity contribution < 1.29 is 13.9 Å². The van der Waals surface area contributed by atoms with Crippen LogP contribution in [-0.2, 0) is 0 Å². The number of furan rings is 1. The average molecular weight is 438 g/mol. The first-order chi connectivity index (χ1) is 13.5. The van der Waals surface area contributed by atoms with Gasteiger partial charge in [-0.25, -0.2) is 4.98 Å².